The summed E-state index contributed by atoms with van der Waals surface area (Å²) in [5.41, 5.74) is 4.54. The van der Waals surface area contributed by atoms with Gasteiger partial charge in [0.15, 0.2) is 0 Å². The van der Waals surface area contributed by atoms with Crippen LogP contribution in [0.3, 0.4) is 0 Å². The zero-order chi connectivity index (χ0) is 18.4. The molecule has 0 aliphatic carbocycles. The van der Waals surface area contributed by atoms with E-state index >= 15 is 0 Å². The Balaban J connectivity index is 0.00000576. The van der Waals surface area contributed by atoms with Gasteiger partial charge in [0.2, 0.25) is 15.9 Å². The fraction of sp³-hybridized carbons (Fsp3) is 0.500. The highest BCUT2D eigenvalue weighted by Gasteiger charge is 2.26. The number of carbonyl (C=O) groups is 1. The van der Waals surface area contributed by atoms with Crippen molar-refractivity contribution in [2.24, 2.45) is 5.73 Å². The Morgan fingerprint density at radius 1 is 1.36 bits per heavy atom. The Bertz CT molecular complexity index is 709. The molecule has 0 aliphatic heterocycles. The molecule has 0 aromatic heterocycles. The van der Waals surface area contributed by atoms with Gasteiger partial charge in [-0.1, -0.05) is 19.4 Å². The summed E-state index contributed by atoms with van der Waals surface area (Å²) in [6.07, 6.45) is 1.26. The van der Waals surface area contributed by atoms with Gasteiger partial charge in [0.1, 0.15) is 0 Å². The molecule has 0 fully saturated rings. The van der Waals surface area contributed by atoms with Crippen LogP contribution in [0.1, 0.15) is 26.7 Å². The molecular weight excluding hydrogens is 372 g/mol. The molecule has 25 heavy (non-hydrogen) atoms. The number of rotatable bonds is 9. The van der Waals surface area contributed by atoms with E-state index in [-0.39, 0.29) is 42.0 Å². The normalized spacial score (nSPS) is 13.4. The van der Waals surface area contributed by atoms with E-state index in [2.05, 4.69) is 10.0 Å². The smallest absolute Gasteiger partial charge is 0.270 e. The van der Waals surface area contributed by atoms with E-state index in [1.54, 1.807) is 6.92 Å². The third-order valence-corrected chi connectivity index (χ3v) is 4.79. The number of nitro groups is 1. The Morgan fingerprint density at radius 2 is 2.00 bits per heavy atom. The van der Waals surface area contributed by atoms with Gasteiger partial charge in [0.05, 0.1) is 15.4 Å². The van der Waals surface area contributed by atoms with Gasteiger partial charge in [-0.15, -0.1) is 12.4 Å². The molecule has 1 amide bonds. The number of non-ortho nitro benzene ring substituents is 1. The summed E-state index contributed by atoms with van der Waals surface area (Å²) < 4.78 is 26.4. The number of nitrogens with one attached hydrogen (secondary N) is 2. The predicted molar refractivity (Wildman–Crippen MR) is 96.0 cm³/mol. The van der Waals surface area contributed by atoms with Gasteiger partial charge in [-0.25, -0.2) is 13.1 Å². The van der Waals surface area contributed by atoms with E-state index < -0.39 is 20.5 Å². The number of nitro benzene ring substituents is 1. The zero-order valence-electron chi connectivity index (χ0n) is 14.0. The predicted octanol–water partition coefficient (Wildman–Crippen LogP) is 0.929. The van der Waals surface area contributed by atoms with Crippen LogP contribution in [-0.2, 0) is 14.8 Å². The van der Waals surface area contributed by atoms with Gasteiger partial charge in [-0.05, 0) is 19.4 Å². The third-order valence-electron chi connectivity index (χ3n) is 3.33. The summed E-state index contributed by atoms with van der Waals surface area (Å²) in [5, 5.41) is 13.3. The number of halogens is 1. The minimum absolute atomic E-state index is 0. The van der Waals surface area contributed by atoms with Crippen LogP contribution in [0, 0.1) is 10.1 Å². The van der Waals surface area contributed by atoms with Gasteiger partial charge in [-0.2, -0.15) is 0 Å². The van der Waals surface area contributed by atoms with Crippen LogP contribution in [0.4, 0.5) is 5.69 Å². The monoisotopic (exact) mass is 394 g/mol. The lowest BCUT2D eigenvalue weighted by atomic mass is 9.97. The first-order valence-corrected chi connectivity index (χ1v) is 8.90. The molecule has 1 aromatic carbocycles. The molecule has 0 saturated heterocycles. The summed E-state index contributed by atoms with van der Waals surface area (Å²) in [4.78, 5) is 21.7. The molecule has 1 aromatic rings. The lowest BCUT2D eigenvalue weighted by Crippen LogP contribution is -2.52. The number of carbonyl (C=O) groups excluding carboxylic acids is 1. The van der Waals surface area contributed by atoms with Crippen LogP contribution in [0.25, 0.3) is 0 Å². The number of benzene rings is 1. The number of hydrogen-bond acceptors (Lipinski definition) is 6. The highest BCUT2D eigenvalue weighted by atomic mass is 35.5. The van der Waals surface area contributed by atoms with Crippen molar-refractivity contribution in [3.63, 3.8) is 0 Å². The van der Waals surface area contributed by atoms with Gasteiger partial charge in [0, 0.05) is 25.2 Å². The lowest BCUT2D eigenvalue weighted by molar-refractivity contribution is -0.385. The second-order valence-electron chi connectivity index (χ2n) is 5.58. The maximum Gasteiger partial charge on any atom is 0.270 e. The Kier molecular flexibility index (Phi) is 8.98. The summed E-state index contributed by atoms with van der Waals surface area (Å²) >= 11 is 0. The molecule has 11 heteroatoms. The molecule has 9 nitrogen and oxygen atoms in total. The highest BCUT2D eigenvalue weighted by molar-refractivity contribution is 7.89. The third kappa shape index (κ3) is 6.94. The van der Waals surface area contributed by atoms with Crippen molar-refractivity contribution < 1.29 is 18.1 Å². The molecule has 4 N–H and O–H groups in total. The van der Waals surface area contributed by atoms with Crippen molar-refractivity contribution in [3.05, 3.63) is 34.4 Å². The van der Waals surface area contributed by atoms with Gasteiger partial charge >= 0.3 is 0 Å². The lowest BCUT2D eigenvalue weighted by Gasteiger charge is -2.22. The largest absolute Gasteiger partial charge is 0.353 e. The standard InChI is InChI=1S/C14H22N4O5S.ClH/c1-3-7-14(2,15)13(19)16-8-9-17-24(22,23)12-6-4-5-11(10-12)18(20)21;/h4-6,10,17H,3,7-9,15H2,1-2H3,(H,16,19);1H. The fourth-order valence-electron chi connectivity index (χ4n) is 2.04. The van der Waals surface area contributed by atoms with Crippen LogP contribution in [0.15, 0.2) is 29.2 Å². The number of hydrogen-bond donors (Lipinski definition) is 3. The minimum atomic E-state index is -3.90. The zero-order valence-corrected chi connectivity index (χ0v) is 15.7. The second kappa shape index (κ2) is 9.66. The summed E-state index contributed by atoms with van der Waals surface area (Å²) in [7, 11) is -3.90. The van der Waals surface area contributed by atoms with Gasteiger partial charge in [-0.3, -0.25) is 14.9 Å². The van der Waals surface area contributed by atoms with E-state index in [4.69, 9.17) is 5.73 Å². The first-order valence-electron chi connectivity index (χ1n) is 7.41. The molecule has 0 heterocycles. The van der Waals surface area contributed by atoms with Crippen molar-refractivity contribution in [2.45, 2.75) is 37.1 Å². The van der Waals surface area contributed by atoms with E-state index in [1.807, 2.05) is 6.92 Å². The summed E-state index contributed by atoms with van der Waals surface area (Å²) in [5.74, 6) is -0.362. The maximum absolute atomic E-state index is 12.1. The van der Waals surface area contributed by atoms with Crippen LogP contribution in [0.5, 0.6) is 0 Å². The van der Waals surface area contributed by atoms with Crippen LogP contribution in [-0.4, -0.2) is 37.9 Å². The van der Waals surface area contributed by atoms with E-state index in [0.717, 1.165) is 12.5 Å². The molecule has 0 bridgehead atoms. The molecule has 0 saturated carbocycles. The topological polar surface area (TPSA) is 144 Å². The highest BCUT2D eigenvalue weighted by Crippen LogP contribution is 2.16. The Labute approximate surface area is 153 Å². The van der Waals surface area contributed by atoms with Crippen LogP contribution in [0.2, 0.25) is 0 Å². The molecule has 142 valence electrons. The van der Waals surface area contributed by atoms with Crippen molar-refractivity contribution in [2.75, 3.05) is 13.1 Å². The van der Waals surface area contributed by atoms with Crippen molar-refractivity contribution in [3.8, 4) is 0 Å². The van der Waals surface area contributed by atoms with Crippen molar-refractivity contribution >= 4 is 34.0 Å². The number of nitrogens with two attached hydrogens (primary N) is 1. The van der Waals surface area contributed by atoms with Crippen molar-refractivity contribution in [1.29, 1.82) is 0 Å². The van der Waals surface area contributed by atoms with Crippen molar-refractivity contribution in [1.82, 2.24) is 10.0 Å². The summed E-state index contributed by atoms with van der Waals surface area (Å²) in [6, 6.07) is 4.72. The van der Waals surface area contributed by atoms with Crippen LogP contribution < -0.4 is 15.8 Å². The molecule has 1 unspecified atom stereocenters. The molecule has 1 rings (SSSR count). The van der Waals surface area contributed by atoms with Crippen LogP contribution >= 0.6 is 12.4 Å². The average molecular weight is 395 g/mol. The fourth-order valence-corrected chi connectivity index (χ4v) is 3.11. The molecular formula is C14H23ClN4O5S. The number of amides is 1. The van der Waals surface area contributed by atoms with Gasteiger partial charge in [0.25, 0.3) is 5.69 Å². The Hall–Kier alpha value is -1.75. The first kappa shape index (κ1) is 23.2. The van der Waals surface area contributed by atoms with E-state index in [9.17, 15) is 23.3 Å². The minimum Gasteiger partial charge on any atom is -0.353 e. The molecule has 0 radical (unpaired) electrons. The van der Waals surface area contributed by atoms with E-state index in [1.165, 1.54) is 18.2 Å². The average Bonchev–Trinajstić information content (AvgIpc) is 2.51. The molecule has 0 spiro atoms. The summed E-state index contributed by atoms with van der Waals surface area (Å²) in [6.45, 7) is 3.52. The number of sulfonamides is 1. The van der Waals surface area contributed by atoms with Gasteiger partial charge < -0.3 is 11.1 Å². The number of nitrogens with zero attached hydrogens (tertiary/aromatic N) is 1. The quantitative estimate of drug-likeness (QED) is 0.322. The molecule has 0 aliphatic rings. The second-order valence-corrected chi connectivity index (χ2v) is 7.34. The van der Waals surface area contributed by atoms with E-state index in [0.29, 0.717) is 6.42 Å². The SMILES string of the molecule is CCCC(C)(N)C(=O)NCCNS(=O)(=O)c1cccc([N+](=O)[O-])c1.Cl. The first-order chi connectivity index (χ1) is 11.1. The maximum atomic E-state index is 12.1. The Morgan fingerprint density at radius 3 is 2.56 bits per heavy atom. The molecule has 1 atom stereocenters.